The highest BCUT2D eigenvalue weighted by molar-refractivity contribution is 5.97. The van der Waals surface area contributed by atoms with Gasteiger partial charge < -0.3 is 24.4 Å². The molecule has 0 saturated carbocycles. The molecule has 0 spiro atoms. The molecule has 2 amide bonds. The van der Waals surface area contributed by atoms with E-state index in [2.05, 4.69) is 5.32 Å². The minimum absolute atomic E-state index is 0.0206. The summed E-state index contributed by atoms with van der Waals surface area (Å²) in [7, 11) is 0. The first-order valence-electron chi connectivity index (χ1n) is 6.77. The Balaban J connectivity index is 1.55. The highest BCUT2D eigenvalue weighted by Crippen LogP contribution is 2.32. The second-order valence-corrected chi connectivity index (χ2v) is 4.74. The van der Waals surface area contributed by atoms with Crippen LogP contribution in [0.15, 0.2) is 18.2 Å². The molecule has 21 heavy (non-hydrogen) atoms. The standard InChI is InChI=1S/C14H16N2O5/c17-13(16-3-5-19-6-4-16)8-15-14(18)10-1-2-11-12(7-10)21-9-20-11/h1-2,7H,3-6,8-9H2,(H,15,18). The van der Waals surface area contributed by atoms with Crippen molar-refractivity contribution < 1.29 is 23.8 Å². The quantitative estimate of drug-likeness (QED) is 0.849. The molecule has 0 aromatic heterocycles. The van der Waals surface area contributed by atoms with E-state index >= 15 is 0 Å². The van der Waals surface area contributed by atoms with Gasteiger partial charge in [-0.15, -0.1) is 0 Å². The molecule has 2 aliphatic heterocycles. The number of ether oxygens (including phenoxy) is 3. The highest BCUT2D eigenvalue weighted by atomic mass is 16.7. The van der Waals surface area contributed by atoms with Gasteiger partial charge in [0.25, 0.3) is 5.91 Å². The van der Waals surface area contributed by atoms with Crippen molar-refractivity contribution in [1.82, 2.24) is 10.2 Å². The van der Waals surface area contributed by atoms with Crippen molar-refractivity contribution >= 4 is 11.8 Å². The van der Waals surface area contributed by atoms with Crippen molar-refractivity contribution in [2.24, 2.45) is 0 Å². The van der Waals surface area contributed by atoms with E-state index in [4.69, 9.17) is 14.2 Å². The first-order chi connectivity index (χ1) is 10.2. The molecule has 2 heterocycles. The molecule has 1 aromatic carbocycles. The summed E-state index contributed by atoms with van der Waals surface area (Å²) in [5, 5.41) is 2.62. The van der Waals surface area contributed by atoms with E-state index in [0.717, 1.165) is 0 Å². The molecule has 0 radical (unpaired) electrons. The summed E-state index contributed by atoms with van der Waals surface area (Å²) in [5.41, 5.74) is 0.439. The van der Waals surface area contributed by atoms with Crippen molar-refractivity contribution in [2.75, 3.05) is 39.6 Å². The summed E-state index contributed by atoms with van der Waals surface area (Å²) in [6, 6.07) is 4.93. The van der Waals surface area contributed by atoms with Gasteiger partial charge in [-0.3, -0.25) is 9.59 Å². The van der Waals surface area contributed by atoms with Crippen LogP contribution in [0.1, 0.15) is 10.4 Å². The number of carbonyl (C=O) groups excluding carboxylic acids is 2. The lowest BCUT2D eigenvalue weighted by molar-refractivity contribution is -0.134. The van der Waals surface area contributed by atoms with Gasteiger partial charge in [-0.1, -0.05) is 0 Å². The first kappa shape index (κ1) is 13.7. The number of nitrogens with one attached hydrogen (secondary N) is 1. The molecule has 7 heteroatoms. The average Bonchev–Trinajstić information content (AvgIpc) is 3.00. The van der Waals surface area contributed by atoms with Crippen LogP contribution in [0.4, 0.5) is 0 Å². The van der Waals surface area contributed by atoms with E-state index in [1.54, 1.807) is 23.1 Å². The van der Waals surface area contributed by atoms with Crippen molar-refractivity contribution in [2.45, 2.75) is 0 Å². The Labute approximate surface area is 121 Å². The first-order valence-corrected chi connectivity index (χ1v) is 6.77. The monoisotopic (exact) mass is 292 g/mol. The number of benzene rings is 1. The lowest BCUT2D eigenvalue weighted by Gasteiger charge is -2.26. The highest BCUT2D eigenvalue weighted by Gasteiger charge is 2.19. The number of hydrogen-bond acceptors (Lipinski definition) is 5. The Morgan fingerprint density at radius 2 is 1.90 bits per heavy atom. The van der Waals surface area contributed by atoms with Crippen LogP contribution in [0.5, 0.6) is 11.5 Å². The van der Waals surface area contributed by atoms with Crippen LogP contribution in [0, 0.1) is 0 Å². The summed E-state index contributed by atoms with van der Waals surface area (Å²) in [5.74, 6) is 0.750. The van der Waals surface area contributed by atoms with Crippen LogP contribution in [0.2, 0.25) is 0 Å². The smallest absolute Gasteiger partial charge is 0.251 e. The molecule has 2 aliphatic rings. The SMILES string of the molecule is O=C(NCC(=O)N1CCOCC1)c1ccc2c(c1)OCO2. The lowest BCUT2D eigenvalue weighted by Crippen LogP contribution is -2.45. The molecular weight excluding hydrogens is 276 g/mol. The Hall–Kier alpha value is -2.28. The zero-order valence-corrected chi connectivity index (χ0v) is 11.5. The van der Waals surface area contributed by atoms with Gasteiger partial charge in [0.1, 0.15) is 0 Å². The predicted octanol–water partition coefficient (Wildman–Crippen LogP) is 0.00390. The lowest BCUT2D eigenvalue weighted by atomic mass is 10.2. The molecule has 112 valence electrons. The number of rotatable bonds is 3. The number of morpholine rings is 1. The van der Waals surface area contributed by atoms with Gasteiger partial charge in [0.15, 0.2) is 11.5 Å². The van der Waals surface area contributed by atoms with Gasteiger partial charge in [-0.05, 0) is 18.2 Å². The molecule has 7 nitrogen and oxygen atoms in total. The van der Waals surface area contributed by atoms with E-state index in [0.29, 0.717) is 43.4 Å². The van der Waals surface area contributed by atoms with E-state index in [-0.39, 0.29) is 25.2 Å². The molecule has 3 rings (SSSR count). The Bertz CT molecular complexity index is 554. The molecule has 1 N–H and O–H groups in total. The van der Waals surface area contributed by atoms with Crippen LogP contribution in [-0.4, -0.2) is 56.4 Å². The van der Waals surface area contributed by atoms with Crippen molar-refractivity contribution in [3.63, 3.8) is 0 Å². The van der Waals surface area contributed by atoms with Gasteiger partial charge in [0.05, 0.1) is 19.8 Å². The topological polar surface area (TPSA) is 77.1 Å². The fourth-order valence-corrected chi connectivity index (χ4v) is 2.22. The predicted molar refractivity (Wildman–Crippen MR) is 72.3 cm³/mol. The summed E-state index contributed by atoms with van der Waals surface area (Å²) >= 11 is 0. The third-order valence-electron chi connectivity index (χ3n) is 3.40. The maximum atomic E-state index is 12.0. The number of fused-ring (bicyclic) bond motifs is 1. The van der Waals surface area contributed by atoms with Gasteiger partial charge >= 0.3 is 0 Å². The van der Waals surface area contributed by atoms with Crippen molar-refractivity contribution in [3.8, 4) is 11.5 Å². The average molecular weight is 292 g/mol. The van der Waals surface area contributed by atoms with Crippen molar-refractivity contribution in [1.29, 1.82) is 0 Å². The van der Waals surface area contributed by atoms with Gasteiger partial charge in [0, 0.05) is 18.7 Å². The van der Waals surface area contributed by atoms with Crippen LogP contribution in [0.25, 0.3) is 0 Å². The van der Waals surface area contributed by atoms with Gasteiger partial charge in [0.2, 0.25) is 12.7 Å². The Morgan fingerprint density at radius 3 is 2.71 bits per heavy atom. The molecule has 1 saturated heterocycles. The molecule has 1 fully saturated rings. The Kier molecular flexibility index (Phi) is 3.92. The second kappa shape index (κ2) is 6.01. The van der Waals surface area contributed by atoms with E-state index in [1.807, 2.05) is 0 Å². The Morgan fingerprint density at radius 1 is 1.14 bits per heavy atom. The van der Waals surface area contributed by atoms with E-state index < -0.39 is 0 Å². The fourth-order valence-electron chi connectivity index (χ4n) is 2.22. The zero-order chi connectivity index (χ0) is 14.7. The summed E-state index contributed by atoms with van der Waals surface area (Å²) in [4.78, 5) is 25.6. The zero-order valence-electron chi connectivity index (χ0n) is 11.5. The molecule has 0 atom stereocenters. The van der Waals surface area contributed by atoms with E-state index in [1.165, 1.54) is 0 Å². The summed E-state index contributed by atoms with van der Waals surface area (Å²) in [6.45, 7) is 2.37. The number of nitrogens with zero attached hydrogens (tertiary/aromatic N) is 1. The van der Waals surface area contributed by atoms with Crippen LogP contribution < -0.4 is 14.8 Å². The van der Waals surface area contributed by atoms with E-state index in [9.17, 15) is 9.59 Å². The van der Waals surface area contributed by atoms with Crippen LogP contribution in [0.3, 0.4) is 0 Å². The maximum absolute atomic E-state index is 12.0. The largest absolute Gasteiger partial charge is 0.454 e. The van der Waals surface area contributed by atoms with Crippen LogP contribution in [-0.2, 0) is 9.53 Å². The fraction of sp³-hybridized carbons (Fsp3) is 0.429. The molecule has 0 unspecified atom stereocenters. The van der Waals surface area contributed by atoms with Crippen LogP contribution >= 0.6 is 0 Å². The molecular formula is C14H16N2O5. The number of amides is 2. The summed E-state index contributed by atoms with van der Waals surface area (Å²) < 4.78 is 15.6. The van der Waals surface area contributed by atoms with Crippen molar-refractivity contribution in [3.05, 3.63) is 23.8 Å². The minimum Gasteiger partial charge on any atom is -0.454 e. The normalized spacial score (nSPS) is 16.7. The maximum Gasteiger partial charge on any atom is 0.251 e. The third kappa shape index (κ3) is 3.08. The molecule has 0 bridgehead atoms. The third-order valence-corrected chi connectivity index (χ3v) is 3.40. The number of carbonyl (C=O) groups is 2. The summed E-state index contributed by atoms with van der Waals surface area (Å²) in [6.07, 6.45) is 0. The molecule has 0 aliphatic carbocycles. The van der Waals surface area contributed by atoms with Gasteiger partial charge in [-0.25, -0.2) is 0 Å². The minimum atomic E-state index is -0.310. The second-order valence-electron chi connectivity index (χ2n) is 4.74. The van der Waals surface area contributed by atoms with Gasteiger partial charge in [-0.2, -0.15) is 0 Å². The number of hydrogen-bond donors (Lipinski definition) is 1. The molecule has 1 aromatic rings.